The van der Waals surface area contributed by atoms with Crippen molar-refractivity contribution in [3.8, 4) is 23.0 Å². The molecular weight excluding hydrogens is 384 g/mol. The highest BCUT2D eigenvalue weighted by Gasteiger charge is 2.13. The lowest BCUT2D eigenvalue weighted by Crippen LogP contribution is -2.01. The number of carbonyl (C=O) groups excluding carboxylic acids is 2. The molecule has 154 valence electrons. The summed E-state index contributed by atoms with van der Waals surface area (Å²) in [6.07, 6.45) is 0. The molecule has 0 aliphatic carbocycles. The van der Waals surface area contributed by atoms with E-state index in [1.165, 1.54) is 14.0 Å². The third kappa shape index (κ3) is 4.78. The number of carbonyl (C=O) groups is 2. The smallest absolute Gasteiger partial charge is 0.337 e. The van der Waals surface area contributed by atoms with Crippen LogP contribution in [0.1, 0.15) is 38.8 Å². The number of benzene rings is 3. The van der Waals surface area contributed by atoms with E-state index in [1.54, 1.807) is 55.5 Å². The zero-order valence-electron chi connectivity index (χ0n) is 17.0. The van der Waals surface area contributed by atoms with Crippen molar-refractivity contribution in [1.29, 1.82) is 0 Å². The molecule has 0 radical (unpaired) electrons. The summed E-state index contributed by atoms with van der Waals surface area (Å²) in [4.78, 5) is 23.1. The van der Waals surface area contributed by atoms with Crippen LogP contribution < -0.4 is 9.47 Å². The number of esters is 1. The highest BCUT2D eigenvalue weighted by atomic mass is 16.5. The van der Waals surface area contributed by atoms with E-state index in [9.17, 15) is 14.7 Å². The molecule has 0 aromatic heterocycles. The molecule has 6 nitrogen and oxygen atoms in total. The van der Waals surface area contributed by atoms with E-state index in [2.05, 4.69) is 0 Å². The molecule has 6 heteroatoms. The van der Waals surface area contributed by atoms with Gasteiger partial charge in [0.25, 0.3) is 0 Å². The first-order chi connectivity index (χ1) is 14.4. The maximum atomic E-state index is 11.6. The summed E-state index contributed by atoms with van der Waals surface area (Å²) in [6.45, 7) is 3.40. The Balaban J connectivity index is 1.65. The number of hydrogen-bond acceptors (Lipinski definition) is 6. The number of Topliss-reactive ketones (excluding diaryl/α,β-unsaturated/α-hetero) is 1. The number of aromatic hydroxyl groups is 1. The Kier molecular flexibility index (Phi) is 6.37. The van der Waals surface area contributed by atoms with Crippen LogP contribution >= 0.6 is 0 Å². The number of ketones is 1. The van der Waals surface area contributed by atoms with Crippen LogP contribution in [0.4, 0.5) is 0 Å². The lowest BCUT2D eigenvalue weighted by Gasteiger charge is -2.13. The van der Waals surface area contributed by atoms with E-state index >= 15 is 0 Å². The van der Waals surface area contributed by atoms with Crippen LogP contribution in [0.15, 0.2) is 60.7 Å². The van der Waals surface area contributed by atoms with Crippen molar-refractivity contribution in [3.63, 3.8) is 0 Å². The topological polar surface area (TPSA) is 82.1 Å². The minimum absolute atomic E-state index is 0.0575. The third-order valence-electron chi connectivity index (χ3n) is 4.57. The summed E-state index contributed by atoms with van der Waals surface area (Å²) < 4.78 is 16.3. The third-order valence-corrected chi connectivity index (χ3v) is 4.57. The number of phenolic OH excluding ortho intramolecular Hbond substituents is 1. The van der Waals surface area contributed by atoms with Crippen LogP contribution in [0, 0.1) is 6.92 Å². The minimum atomic E-state index is -0.425. The monoisotopic (exact) mass is 406 g/mol. The van der Waals surface area contributed by atoms with Gasteiger partial charge in [0.15, 0.2) is 5.78 Å². The van der Waals surface area contributed by atoms with Crippen LogP contribution in [0.3, 0.4) is 0 Å². The molecule has 0 amide bonds. The van der Waals surface area contributed by atoms with Crippen molar-refractivity contribution in [2.75, 3.05) is 7.11 Å². The predicted octanol–water partition coefficient (Wildman–Crippen LogP) is 5.06. The Hall–Kier alpha value is -3.80. The van der Waals surface area contributed by atoms with E-state index in [4.69, 9.17) is 14.2 Å². The Morgan fingerprint density at radius 1 is 0.967 bits per heavy atom. The molecule has 3 rings (SSSR count). The molecule has 30 heavy (non-hydrogen) atoms. The van der Waals surface area contributed by atoms with Crippen molar-refractivity contribution >= 4 is 11.8 Å². The maximum absolute atomic E-state index is 11.6. The van der Waals surface area contributed by atoms with Gasteiger partial charge in [-0.1, -0.05) is 18.2 Å². The first-order valence-corrected chi connectivity index (χ1v) is 9.30. The lowest BCUT2D eigenvalue weighted by molar-refractivity contribution is 0.0600. The predicted molar refractivity (Wildman–Crippen MR) is 111 cm³/mol. The zero-order valence-corrected chi connectivity index (χ0v) is 17.0. The van der Waals surface area contributed by atoms with Crippen LogP contribution in [0.5, 0.6) is 23.0 Å². The number of ether oxygens (including phenoxy) is 3. The van der Waals surface area contributed by atoms with Crippen molar-refractivity contribution in [2.24, 2.45) is 0 Å². The van der Waals surface area contributed by atoms with E-state index in [0.717, 1.165) is 5.56 Å². The molecule has 0 aliphatic heterocycles. The summed E-state index contributed by atoms with van der Waals surface area (Å²) in [7, 11) is 1.33. The van der Waals surface area contributed by atoms with Crippen molar-refractivity contribution in [3.05, 3.63) is 82.9 Å². The van der Waals surface area contributed by atoms with Gasteiger partial charge >= 0.3 is 5.97 Å². The quantitative estimate of drug-likeness (QED) is 0.436. The van der Waals surface area contributed by atoms with Crippen molar-refractivity contribution in [1.82, 2.24) is 0 Å². The number of rotatable bonds is 7. The second-order valence-electron chi connectivity index (χ2n) is 6.70. The van der Waals surface area contributed by atoms with E-state index in [0.29, 0.717) is 28.4 Å². The molecule has 1 N–H and O–H groups in total. The zero-order chi connectivity index (χ0) is 21.7. The largest absolute Gasteiger partial charge is 0.507 e. The Morgan fingerprint density at radius 2 is 1.70 bits per heavy atom. The van der Waals surface area contributed by atoms with Gasteiger partial charge in [-0.05, 0) is 61.9 Å². The number of phenols is 1. The molecule has 0 fully saturated rings. The molecule has 0 bridgehead atoms. The molecule has 0 spiro atoms. The normalized spacial score (nSPS) is 10.4. The van der Waals surface area contributed by atoms with Gasteiger partial charge in [0.2, 0.25) is 0 Å². The molecule has 3 aromatic rings. The minimum Gasteiger partial charge on any atom is -0.507 e. The number of methoxy groups -OCH3 is 1. The molecule has 0 atom stereocenters. The maximum Gasteiger partial charge on any atom is 0.337 e. The molecule has 0 aliphatic rings. The van der Waals surface area contributed by atoms with E-state index in [1.807, 2.05) is 12.1 Å². The van der Waals surface area contributed by atoms with Gasteiger partial charge in [-0.15, -0.1) is 0 Å². The van der Waals surface area contributed by atoms with Crippen LogP contribution in [-0.2, 0) is 11.3 Å². The standard InChI is InChI=1S/C24H22O6/c1-15-22(12-11-21(16(2)25)23(15)26)29-14-17-7-9-19(10-8-17)30-20-6-4-5-18(13-20)24(27)28-3/h4-13,26H,14H2,1-3H3. The summed E-state index contributed by atoms with van der Waals surface area (Å²) in [5.41, 5.74) is 2.11. The lowest BCUT2D eigenvalue weighted by atomic mass is 10.1. The van der Waals surface area contributed by atoms with Crippen molar-refractivity contribution in [2.45, 2.75) is 20.5 Å². The summed E-state index contributed by atoms with van der Waals surface area (Å²) in [5, 5.41) is 10.1. The summed E-state index contributed by atoms with van der Waals surface area (Å²) >= 11 is 0. The molecular formula is C24H22O6. The van der Waals surface area contributed by atoms with Crippen LogP contribution in [0.25, 0.3) is 0 Å². The van der Waals surface area contributed by atoms with Crippen LogP contribution in [0.2, 0.25) is 0 Å². The Labute approximate surface area is 174 Å². The second-order valence-corrected chi connectivity index (χ2v) is 6.70. The molecule has 0 saturated heterocycles. The summed E-state index contributed by atoms with van der Waals surface area (Å²) in [5.74, 6) is 0.967. The summed E-state index contributed by atoms with van der Waals surface area (Å²) in [6, 6.07) is 17.3. The van der Waals surface area contributed by atoms with Gasteiger partial charge in [-0.25, -0.2) is 4.79 Å². The van der Waals surface area contributed by atoms with Gasteiger partial charge in [0, 0.05) is 5.56 Å². The first kappa shape index (κ1) is 20.9. The first-order valence-electron chi connectivity index (χ1n) is 9.30. The molecule has 0 heterocycles. The van der Waals surface area contributed by atoms with Gasteiger partial charge in [0.05, 0.1) is 18.2 Å². The van der Waals surface area contributed by atoms with Gasteiger partial charge in [-0.2, -0.15) is 0 Å². The Bertz CT molecular complexity index is 1070. The fourth-order valence-corrected chi connectivity index (χ4v) is 2.88. The van der Waals surface area contributed by atoms with Gasteiger partial charge < -0.3 is 19.3 Å². The fourth-order valence-electron chi connectivity index (χ4n) is 2.88. The highest BCUT2D eigenvalue weighted by Crippen LogP contribution is 2.31. The molecule has 3 aromatic carbocycles. The second kappa shape index (κ2) is 9.13. The average Bonchev–Trinajstić information content (AvgIpc) is 2.75. The highest BCUT2D eigenvalue weighted by molar-refractivity contribution is 5.97. The van der Waals surface area contributed by atoms with Gasteiger partial charge in [0.1, 0.15) is 29.6 Å². The average molecular weight is 406 g/mol. The van der Waals surface area contributed by atoms with Gasteiger partial charge in [-0.3, -0.25) is 4.79 Å². The fraction of sp³-hybridized carbons (Fsp3) is 0.167. The number of hydrogen-bond donors (Lipinski definition) is 1. The van der Waals surface area contributed by atoms with E-state index in [-0.39, 0.29) is 23.7 Å². The van der Waals surface area contributed by atoms with E-state index < -0.39 is 5.97 Å². The molecule has 0 unspecified atom stereocenters. The van der Waals surface area contributed by atoms with Crippen LogP contribution in [-0.4, -0.2) is 24.0 Å². The molecule has 0 saturated carbocycles. The SMILES string of the molecule is COC(=O)c1cccc(Oc2ccc(COc3ccc(C(C)=O)c(O)c3C)cc2)c1. The van der Waals surface area contributed by atoms with Crippen molar-refractivity contribution < 1.29 is 28.9 Å². The Morgan fingerprint density at radius 3 is 2.37 bits per heavy atom.